The Labute approximate surface area is 135 Å². The summed E-state index contributed by atoms with van der Waals surface area (Å²) in [5.74, 6) is 0. The van der Waals surface area contributed by atoms with E-state index in [-0.39, 0.29) is 10.6 Å². The van der Waals surface area contributed by atoms with Crippen LogP contribution in [0.1, 0.15) is 5.56 Å². The molecule has 20 heavy (non-hydrogen) atoms. The Morgan fingerprint density at radius 3 is 2.55 bits per heavy atom. The standard InChI is InChI=1S/C14H12ClIN2O2/c15-11-3-1-10(2-4-11)7-8-17-13-6-5-12(16)9-14(13)18(19)20/h1-6,9,17H,7-8H2. The lowest BCUT2D eigenvalue weighted by molar-refractivity contribution is -0.384. The lowest BCUT2D eigenvalue weighted by Crippen LogP contribution is -2.07. The molecular formula is C14H12ClIN2O2. The summed E-state index contributed by atoms with van der Waals surface area (Å²) in [7, 11) is 0. The number of benzene rings is 2. The summed E-state index contributed by atoms with van der Waals surface area (Å²) >= 11 is 7.88. The van der Waals surface area contributed by atoms with Crippen LogP contribution in [0, 0.1) is 13.7 Å². The summed E-state index contributed by atoms with van der Waals surface area (Å²) in [4.78, 5) is 10.6. The minimum Gasteiger partial charge on any atom is -0.379 e. The zero-order chi connectivity index (χ0) is 14.5. The first-order valence-electron chi connectivity index (χ1n) is 5.98. The van der Waals surface area contributed by atoms with Crippen molar-refractivity contribution in [3.05, 3.63) is 66.7 Å². The van der Waals surface area contributed by atoms with Gasteiger partial charge in [-0.05, 0) is 58.8 Å². The monoisotopic (exact) mass is 402 g/mol. The molecule has 0 heterocycles. The van der Waals surface area contributed by atoms with E-state index in [1.54, 1.807) is 12.1 Å². The second-order valence-electron chi connectivity index (χ2n) is 4.22. The molecule has 0 radical (unpaired) electrons. The molecule has 0 spiro atoms. The molecule has 0 aliphatic rings. The third kappa shape index (κ3) is 4.08. The van der Waals surface area contributed by atoms with E-state index in [9.17, 15) is 10.1 Å². The molecule has 104 valence electrons. The lowest BCUT2D eigenvalue weighted by Gasteiger charge is -2.07. The Kier molecular flexibility index (Phi) is 5.19. The summed E-state index contributed by atoms with van der Waals surface area (Å²) < 4.78 is 0.845. The topological polar surface area (TPSA) is 55.2 Å². The van der Waals surface area contributed by atoms with Gasteiger partial charge < -0.3 is 5.32 Å². The number of nitrogens with one attached hydrogen (secondary N) is 1. The zero-order valence-corrected chi connectivity index (χ0v) is 13.4. The number of hydrogen-bond acceptors (Lipinski definition) is 3. The molecule has 0 amide bonds. The van der Waals surface area contributed by atoms with Crippen molar-refractivity contribution < 1.29 is 4.92 Å². The number of hydrogen-bond donors (Lipinski definition) is 1. The minimum absolute atomic E-state index is 0.105. The van der Waals surface area contributed by atoms with Gasteiger partial charge in [0.25, 0.3) is 5.69 Å². The Morgan fingerprint density at radius 2 is 1.90 bits per heavy atom. The summed E-state index contributed by atoms with van der Waals surface area (Å²) in [5.41, 5.74) is 1.78. The van der Waals surface area contributed by atoms with Crippen molar-refractivity contribution in [2.75, 3.05) is 11.9 Å². The first-order valence-corrected chi connectivity index (χ1v) is 7.44. The zero-order valence-electron chi connectivity index (χ0n) is 10.5. The van der Waals surface area contributed by atoms with Crippen LogP contribution in [0.2, 0.25) is 5.02 Å². The van der Waals surface area contributed by atoms with Gasteiger partial charge in [-0.3, -0.25) is 10.1 Å². The van der Waals surface area contributed by atoms with E-state index in [1.165, 1.54) is 0 Å². The van der Waals surface area contributed by atoms with Gasteiger partial charge in [0, 0.05) is 21.2 Å². The van der Waals surface area contributed by atoms with Gasteiger partial charge in [-0.2, -0.15) is 0 Å². The maximum Gasteiger partial charge on any atom is 0.293 e. The Balaban J connectivity index is 2.00. The van der Waals surface area contributed by atoms with Crippen molar-refractivity contribution >= 4 is 45.6 Å². The van der Waals surface area contributed by atoms with Gasteiger partial charge in [0.1, 0.15) is 5.69 Å². The normalized spacial score (nSPS) is 10.3. The molecule has 2 aromatic carbocycles. The molecule has 0 aliphatic carbocycles. The number of halogens is 2. The van der Waals surface area contributed by atoms with Crippen LogP contribution < -0.4 is 5.32 Å². The number of nitrogens with zero attached hydrogens (tertiary/aromatic N) is 1. The second-order valence-corrected chi connectivity index (χ2v) is 5.90. The fourth-order valence-electron chi connectivity index (χ4n) is 1.80. The highest BCUT2D eigenvalue weighted by molar-refractivity contribution is 14.1. The van der Waals surface area contributed by atoms with E-state index in [4.69, 9.17) is 11.6 Å². The minimum atomic E-state index is -0.368. The van der Waals surface area contributed by atoms with E-state index in [0.29, 0.717) is 17.3 Å². The van der Waals surface area contributed by atoms with Crippen molar-refractivity contribution in [1.29, 1.82) is 0 Å². The molecule has 0 aliphatic heterocycles. The van der Waals surface area contributed by atoms with E-state index in [1.807, 2.05) is 30.3 Å². The first kappa shape index (κ1) is 15.1. The van der Waals surface area contributed by atoms with E-state index < -0.39 is 0 Å². The number of anilines is 1. The average Bonchev–Trinajstić information content (AvgIpc) is 2.42. The molecule has 0 fully saturated rings. The van der Waals surface area contributed by atoms with Gasteiger partial charge in [-0.25, -0.2) is 0 Å². The smallest absolute Gasteiger partial charge is 0.293 e. The number of rotatable bonds is 5. The Bertz CT molecular complexity index is 617. The maximum atomic E-state index is 11.0. The molecule has 0 unspecified atom stereocenters. The number of nitro benzene ring substituents is 1. The molecule has 0 saturated heterocycles. The van der Waals surface area contributed by atoms with Gasteiger partial charge in [0.15, 0.2) is 0 Å². The van der Waals surface area contributed by atoms with Gasteiger partial charge in [-0.1, -0.05) is 23.7 Å². The lowest BCUT2D eigenvalue weighted by atomic mass is 10.1. The van der Waals surface area contributed by atoms with E-state index in [0.717, 1.165) is 15.6 Å². The van der Waals surface area contributed by atoms with Crippen molar-refractivity contribution in [2.24, 2.45) is 0 Å². The van der Waals surface area contributed by atoms with Crippen LogP contribution in [0.4, 0.5) is 11.4 Å². The molecule has 0 bridgehead atoms. The quantitative estimate of drug-likeness (QED) is 0.455. The van der Waals surface area contributed by atoms with Crippen LogP contribution in [0.25, 0.3) is 0 Å². The third-order valence-corrected chi connectivity index (χ3v) is 3.72. The highest BCUT2D eigenvalue weighted by Crippen LogP contribution is 2.26. The highest BCUT2D eigenvalue weighted by Gasteiger charge is 2.13. The summed E-state index contributed by atoms with van der Waals surface area (Å²) in [6.45, 7) is 0.628. The molecule has 0 atom stereocenters. The van der Waals surface area contributed by atoms with Crippen LogP contribution in [0.3, 0.4) is 0 Å². The number of nitro groups is 1. The highest BCUT2D eigenvalue weighted by atomic mass is 127. The molecule has 0 aromatic heterocycles. The molecular weight excluding hydrogens is 391 g/mol. The average molecular weight is 403 g/mol. The van der Waals surface area contributed by atoms with E-state index in [2.05, 4.69) is 27.9 Å². The fraction of sp³-hybridized carbons (Fsp3) is 0.143. The Hall–Kier alpha value is -1.34. The van der Waals surface area contributed by atoms with Gasteiger partial charge in [-0.15, -0.1) is 0 Å². The predicted molar refractivity (Wildman–Crippen MR) is 89.5 cm³/mol. The summed E-state index contributed by atoms with van der Waals surface area (Å²) in [6.07, 6.45) is 0.778. The Morgan fingerprint density at radius 1 is 1.20 bits per heavy atom. The van der Waals surface area contributed by atoms with Crippen LogP contribution in [-0.4, -0.2) is 11.5 Å². The van der Waals surface area contributed by atoms with Gasteiger partial charge >= 0.3 is 0 Å². The molecule has 0 saturated carbocycles. The largest absolute Gasteiger partial charge is 0.379 e. The molecule has 4 nitrogen and oxygen atoms in total. The molecule has 2 aromatic rings. The van der Waals surface area contributed by atoms with Crippen molar-refractivity contribution in [1.82, 2.24) is 0 Å². The van der Waals surface area contributed by atoms with Crippen LogP contribution in [0.15, 0.2) is 42.5 Å². The molecule has 1 N–H and O–H groups in total. The summed E-state index contributed by atoms with van der Waals surface area (Å²) in [6, 6.07) is 12.7. The van der Waals surface area contributed by atoms with Gasteiger partial charge in [0.05, 0.1) is 4.92 Å². The maximum absolute atomic E-state index is 11.0. The van der Waals surface area contributed by atoms with Crippen molar-refractivity contribution in [3.63, 3.8) is 0 Å². The first-order chi connectivity index (χ1) is 9.56. The second kappa shape index (κ2) is 6.90. The van der Waals surface area contributed by atoms with Crippen LogP contribution >= 0.6 is 34.2 Å². The molecule has 6 heteroatoms. The SMILES string of the molecule is O=[N+]([O-])c1cc(I)ccc1NCCc1ccc(Cl)cc1. The van der Waals surface area contributed by atoms with Crippen LogP contribution in [-0.2, 0) is 6.42 Å². The van der Waals surface area contributed by atoms with Gasteiger partial charge in [0.2, 0.25) is 0 Å². The predicted octanol–water partition coefficient (Wildman–Crippen LogP) is 4.51. The molecule has 2 rings (SSSR count). The van der Waals surface area contributed by atoms with Crippen LogP contribution in [0.5, 0.6) is 0 Å². The van der Waals surface area contributed by atoms with Crippen molar-refractivity contribution in [2.45, 2.75) is 6.42 Å². The summed E-state index contributed by atoms with van der Waals surface area (Å²) in [5, 5.41) is 14.8. The third-order valence-electron chi connectivity index (χ3n) is 2.80. The van der Waals surface area contributed by atoms with Crippen molar-refractivity contribution in [3.8, 4) is 0 Å². The fourth-order valence-corrected chi connectivity index (χ4v) is 2.40. The van der Waals surface area contributed by atoms with E-state index >= 15 is 0 Å².